The Kier molecular flexibility index (Phi) is 9.24. The first-order valence-electron chi connectivity index (χ1n) is 16.2. The Morgan fingerprint density at radius 1 is 1.18 bits per heavy atom. The summed E-state index contributed by atoms with van der Waals surface area (Å²) in [5.74, 6) is 0.895. The number of fused-ring (bicyclic) bond motifs is 2. The van der Waals surface area contributed by atoms with Crippen molar-refractivity contribution >= 4 is 11.5 Å². The minimum atomic E-state index is -0.551. The van der Waals surface area contributed by atoms with Gasteiger partial charge in [-0.2, -0.15) is 15.2 Å². The Labute approximate surface area is 260 Å². The van der Waals surface area contributed by atoms with E-state index in [1.165, 1.54) is 12.8 Å². The molecule has 0 aliphatic carbocycles. The number of nitrogen functional groups attached to an aromatic ring is 1. The number of nitrogens with two attached hydrogens (primary N) is 1. The highest BCUT2D eigenvalue weighted by Crippen LogP contribution is 2.40. The lowest BCUT2D eigenvalue weighted by Gasteiger charge is -2.47. The van der Waals surface area contributed by atoms with Crippen molar-refractivity contribution in [1.82, 2.24) is 19.8 Å². The first-order valence-corrected chi connectivity index (χ1v) is 16.2. The van der Waals surface area contributed by atoms with Crippen LogP contribution >= 0.6 is 0 Å². The lowest BCUT2D eigenvalue weighted by atomic mass is 9.89. The number of methoxy groups -OCH3 is 1. The normalized spacial score (nSPS) is 27.1. The monoisotopic (exact) mass is 607 g/mol. The van der Waals surface area contributed by atoms with Gasteiger partial charge in [-0.1, -0.05) is 19.4 Å². The number of halogens is 1. The third-order valence-corrected chi connectivity index (χ3v) is 10.1. The fraction of sp³-hybridized carbons (Fsp3) is 0.667. The van der Waals surface area contributed by atoms with Gasteiger partial charge >= 0.3 is 6.01 Å². The molecule has 11 heteroatoms. The second-order valence-corrected chi connectivity index (χ2v) is 13.0. The smallest absolute Gasteiger partial charge is 0.318 e. The van der Waals surface area contributed by atoms with E-state index in [1.54, 1.807) is 7.11 Å². The predicted molar refractivity (Wildman–Crippen MR) is 167 cm³/mol. The molecule has 2 N–H and O–H groups in total. The zero-order valence-corrected chi connectivity index (χ0v) is 26.4. The van der Waals surface area contributed by atoms with E-state index in [0.29, 0.717) is 42.9 Å². The maximum atomic E-state index is 12.8. The highest BCUT2D eigenvalue weighted by atomic mass is 19.1. The van der Waals surface area contributed by atoms with Crippen LogP contribution in [0.2, 0.25) is 0 Å². The van der Waals surface area contributed by atoms with Crippen molar-refractivity contribution < 1.29 is 18.6 Å². The van der Waals surface area contributed by atoms with Gasteiger partial charge in [0.05, 0.1) is 44.3 Å². The van der Waals surface area contributed by atoms with Gasteiger partial charge in [-0.15, -0.1) is 0 Å². The van der Waals surface area contributed by atoms with Crippen LogP contribution in [0.4, 0.5) is 15.9 Å². The van der Waals surface area contributed by atoms with E-state index in [1.807, 2.05) is 12.1 Å². The molecular weight excluding hydrogens is 561 g/mol. The molecule has 1 aromatic heterocycles. The van der Waals surface area contributed by atoms with Crippen LogP contribution in [-0.2, 0) is 28.9 Å². The van der Waals surface area contributed by atoms with E-state index in [4.69, 9.17) is 29.9 Å². The molecule has 10 nitrogen and oxygen atoms in total. The minimum Gasteiger partial charge on any atom is -0.467 e. The first-order chi connectivity index (χ1) is 21.3. The van der Waals surface area contributed by atoms with Crippen molar-refractivity contribution in [2.75, 3.05) is 70.2 Å². The molecule has 7 rings (SSSR count). The van der Waals surface area contributed by atoms with Gasteiger partial charge in [-0.3, -0.25) is 9.80 Å². The minimum absolute atomic E-state index is 0.236. The van der Waals surface area contributed by atoms with E-state index in [9.17, 15) is 9.65 Å². The van der Waals surface area contributed by atoms with Crippen LogP contribution in [0, 0.1) is 11.3 Å². The molecule has 6 heterocycles. The van der Waals surface area contributed by atoms with Gasteiger partial charge in [-0.05, 0) is 50.8 Å². The van der Waals surface area contributed by atoms with Crippen LogP contribution in [0.15, 0.2) is 12.1 Å². The number of aromatic nitrogens is 2. The number of anilines is 2. The Hall–Kier alpha value is -3.04. The molecular formula is C33H46FN7O3. The second kappa shape index (κ2) is 13.1. The van der Waals surface area contributed by atoms with Gasteiger partial charge in [0.1, 0.15) is 18.1 Å². The number of rotatable bonds is 6. The number of hydrogen-bond donors (Lipinski definition) is 1. The molecule has 0 saturated carbocycles. The van der Waals surface area contributed by atoms with Gasteiger partial charge in [0.15, 0.2) is 0 Å². The summed E-state index contributed by atoms with van der Waals surface area (Å²) >= 11 is 0. The van der Waals surface area contributed by atoms with E-state index < -0.39 is 6.17 Å². The van der Waals surface area contributed by atoms with E-state index in [-0.39, 0.29) is 11.6 Å². The van der Waals surface area contributed by atoms with Crippen molar-refractivity contribution in [3.8, 4) is 12.1 Å². The lowest BCUT2D eigenvalue weighted by Crippen LogP contribution is -2.62. The second-order valence-electron chi connectivity index (χ2n) is 13.0. The van der Waals surface area contributed by atoms with Crippen LogP contribution in [0.5, 0.6) is 6.01 Å². The molecule has 44 heavy (non-hydrogen) atoms. The number of ether oxygens (including phenoxy) is 3. The molecule has 5 aliphatic rings. The molecule has 3 atom stereocenters. The number of benzene rings is 1. The highest BCUT2D eigenvalue weighted by molar-refractivity contribution is 5.62. The fourth-order valence-corrected chi connectivity index (χ4v) is 7.63. The molecule has 5 aliphatic heterocycles. The number of alkyl halides is 1. The summed E-state index contributed by atoms with van der Waals surface area (Å²) in [6.07, 6.45) is 4.80. The summed E-state index contributed by atoms with van der Waals surface area (Å²) in [5, 5.41) is 9.84. The van der Waals surface area contributed by atoms with Crippen LogP contribution in [0.1, 0.15) is 73.6 Å². The molecule has 238 valence electrons. The van der Waals surface area contributed by atoms with Gasteiger partial charge in [0.2, 0.25) is 0 Å². The van der Waals surface area contributed by atoms with E-state index in [0.717, 1.165) is 93.4 Å². The molecule has 1 aromatic carbocycles. The lowest BCUT2D eigenvalue weighted by molar-refractivity contribution is 0.00970. The fourth-order valence-electron chi connectivity index (χ4n) is 7.63. The first kappa shape index (κ1) is 31.0. The molecule has 4 fully saturated rings. The summed E-state index contributed by atoms with van der Waals surface area (Å²) in [6.45, 7) is 11.9. The quantitative estimate of drug-likeness (QED) is 0.487. The van der Waals surface area contributed by atoms with Crippen LogP contribution in [-0.4, -0.2) is 97.1 Å². The zero-order valence-electron chi connectivity index (χ0n) is 26.4. The van der Waals surface area contributed by atoms with Crippen molar-refractivity contribution in [2.24, 2.45) is 0 Å². The van der Waals surface area contributed by atoms with Crippen molar-refractivity contribution in [3.63, 3.8) is 0 Å². The number of nitrogens with zero attached hydrogens (tertiary/aromatic N) is 6. The van der Waals surface area contributed by atoms with Crippen LogP contribution in [0.3, 0.4) is 0 Å². The van der Waals surface area contributed by atoms with Gasteiger partial charge in [0, 0.05) is 67.5 Å². The average Bonchev–Trinajstić information content (AvgIpc) is 3.50. The summed E-state index contributed by atoms with van der Waals surface area (Å²) in [4.78, 5) is 16.5. The third-order valence-electron chi connectivity index (χ3n) is 10.1. The SMILES string of the molecule is CC12CCCN1CC(F)C2.CCCc1ccc(N)c(C#N)c1C1Cc2nc(OC)nc(N3CC(N4CCOCC4)C3)c2CO1. The molecule has 0 radical (unpaired) electrons. The molecule has 3 unspecified atom stereocenters. The van der Waals surface area contributed by atoms with Crippen molar-refractivity contribution in [2.45, 2.75) is 82.8 Å². The average molecular weight is 608 g/mol. The number of nitriles is 1. The summed E-state index contributed by atoms with van der Waals surface area (Å²) < 4.78 is 30.2. The summed E-state index contributed by atoms with van der Waals surface area (Å²) in [7, 11) is 1.60. The Bertz CT molecular complexity index is 1370. The summed E-state index contributed by atoms with van der Waals surface area (Å²) in [5.41, 5.74) is 11.3. The van der Waals surface area contributed by atoms with Gasteiger partial charge in [0.25, 0.3) is 0 Å². The molecule has 0 spiro atoms. The number of hydrogen-bond acceptors (Lipinski definition) is 10. The number of aryl methyl sites for hydroxylation is 1. The summed E-state index contributed by atoms with van der Waals surface area (Å²) in [6, 6.07) is 7.03. The Morgan fingerprint density at radius 2 is 1.98 bits per heavy atom. The van der Waals surface area contributed by atoms with Gasteiger partial charge < -0.3 is 24.8 Å². The standard InChI is InChI=1S/C25H32N6O3.C8H14FN/c1-3-4-16-5-6-20(27)18(12-26)23(16)22-11-21-19(15-34-22)24(29-25(28-21)32-2)31-13-17(14-31)30-7-9-33-10-8-30;1-8-3-2-4-10(8)6-7(9)5-8/h5-6,17,22H,3-4,7-11,13-15,27H2,1-2H3;7H,2-6H2,1H3. The molecule has 0 amide bonds. The van der Waals surface area contributed by atoms with Crippen molar-refractivity contribution in [1.29, 1.82) is 5.26 Å². The highest BCUT2D eigenvalue weighted by Gasteiger charge is 2.44. The largest absolute Gasteiger partial charge is 0.467 e. The molecule has 4 saturated heterocycles. The zero-order chi connectivity index (χ0) is 30.8. The molecule has 2 aromatic rings. The maximum Gasteiger partial charge on any atom is 0.318 e. The van der Waals surface area contributed by atoms with Gasteiger partial charge in [-0.25, -0.2) is 4.39 Å². The maximum absolute atomic E-state index is 12.8. The molecule has 0 bridgehead atoms. The van der Waals surface area contributed by atoms with Crippen LogP contribution < -0.4 is 15.4 Å². The predicted octanol–water partition coefficient (Wildman–Crippen LogP) is 3.81. The number of morpholine rings is 1. The Balaban J connectivity index is 0.000000289. The topological polar surface area (TPSA) is 113 Å². The van der Waals surface area contributed by atoms with Crippen LogP contribution in [0.25, 0.3) is 0 Å². The van der Waals surface area contributed by atoms with E-state index in [2.05, 4.69) is 34.6 Å². The third kappa shape index (κ3) is 6.10. The van der Waals surface area contributed by atoms with Crippen molar-refractivity contribution in [3.05, 3.63) is 40.1 Å². The van der Waals surface area contributed by atoms with E-state index >= 15 is 0 Å². The Morgan fingerprint density at radius 3 is 2.68 bits per heavy atom.